The van der Waals surface area contributed by atoms with Crippen molar-refractivity contribution in [3.63, 3.8) is 0 Å². The Balaban J connectivity index is 2.09. The van der Waals surface area contributed by atoms with Crippen molar-refractivity contribution in [3.05, 3.63) is 27.5 Å². The highest BCUT2D eigenvalue weighted by molar-refractivity contribution is 7.15. The van der Waals surface area contributed by atoms with Crippen LogP contribution in [0.5, 0.6) is 0 Å². The molecule has 0 aliphatic carbocycles. The lowest BCUT2D eigenvalue weighted by Crippen LogP contribution is -2.14. The summed E-state index contributed by atoms with van der Waals surface area (Å²) >= 11 is 1.37. The minimum atomic E-state index is -0.463. The molecule has 2 heterocycles. The Bertz CT molecular complexity index is 736. The number of nitrogens with one attached hydrogen (secondary N) is 2. The maximum absolute atomic E-state index is 12.4. The molecule has 0 spiro atoms. The van der Waals surface area contributed by atoms with Gasteiger partial charge in [0.2, 0.25) is 5.13 Å². The number of hydrogen-bond donors (Lipinski definition) is 2. The van der Waals surface area contributed by atoms with E-state index in [0.717, 1.165) is 30.7 Å². The van der Waals surface area contributed by atoms with Crippen molar-refractivity contribution in [2.24, 2.45) is 0 Å². The summed E-state index contributed by atoms with van der Waals surface area (Å²) in [4.78, 5) is 27.1. The van der Waals surface area contributed by atoms with E-state index in [9.17, 15) is 9.59 Å². The number of esters is 1. The Morgan fingerprint density at radius 3 is 2.67 bits per heavy atom. The van der Waals surface area contributed by atoms with E-state index in [-0.39, 0.29) is 5.91 Å². The van der Waals surface area contributed by atoms with Crippen LogP contribution in [0.1, 0.15) is 63.3 Å². The smallest absolute Gasteiger partial charge is 0.339 e. The second-order valence-electron chi connectivity index (χ2n) is 5.53. The lowest BCUT2D eigenvalue weighted by Gasteiger charge is -2.01. The van der Waals surface area contributed by atoms with E-state index in [0.29, 0.717) is 27.6 Å². The summed E-state index contributed by atoms with van der Waals surface area (Å²) in [5.41, 5.74) is 1.88. The largest absolute Gasteiger partial charge is 0.465 e. The first-order valence-electron chi connectivity index (χ1n) is 7.89. The number of unbranched alkanes of at least 4 members (excludes halogenated alkanes) is 2. The molecule has 24 heavy (non-hydrogen) atoms. The highest BCUT2D eigenvalue weighted by atomic mass is 32.1. The molecule has 0 atom stereocenters. The fourth-order valence-electron chi connectivity index (χ4n) is 2.48. The molecule has 2 rings (SSSR count). The summed E-state index contributed by atoms with van der Waals surface area (Å²) in [5.74, 6) is -0.809. The van der Waals surface area contributed by atoms with Gasteiger partial charge in [-0.2, -0.15) is 0 Å². The molecule has 8 heteroatoms. The molecule has 0 bridgehead atoms. The zero-order valence-electron chi connectivity index (χ0n) is 14.4. The summed E-state index contributed by atoms with van der Waals surface area (Å²) < 4.78 is 4.75. The number of methoxy groups -OCH3 is 1. The van der Waals surface area contributed by atoms with Gasteiger partial charge in [-0.3, -0.25) is 10.1 Å². The van der Waals surface area contributed by atoms with Crippen LogP contribution in [0.4, 0.5) is 5.13 Å². The van der Waals surface area contributed by atoms with Crippen molar-refractivity contribution in [2.75, 3.05) is 12.4 Å². The second-order valence-corrected chi connectivity index (χ2v) is 6.59. The number of H-pyrrole nitrogens is 1. The van der Waals surface area contributed by atoms with Gasteiger partial charge in [-0.25, -0.2) is 4.79 Å². The van der Waals surface area contributed by atoms with Crippen molar-refractivity contribution < 1.29 is 14.3 Å². The van der Waals surface area contributed by atoms with Crippen molar-refractivity contribution in [2.45, 2.75) is 46.5 Å². The van der Waals surface area contributed by atoms with Gasteiger partial charge in [0.1, 0.15) is 10.7 Å². The number of hydrogen-bond acceptors (Lipinski definition) is 6. The Morgan fingerprint density at radius 2 is 2.00 bits per heavy atom. The monoisotopic (exact) mass is 350 g/mol. The van der Waals surface area contributed by atoms with Gasteiger partial charge in [0.25, 0.3) is 5.91 Å². The lowest BCUT2D eigenvalue weighted by atomic mass is 10.1. The van der Waals surface area contributed by atoms with Crippen molar-refractivity contribution in [3.8, 4) is 0 Å². The van der Waals surface area contributed by atoms with Crippen LogP contribution in [-0.4, -0.2) is 34.2 Å². The summed E-state index contributed by atoms with van der Waals surface area (Å²) in [6.45, 7) is 5.59. The van der Waals surface area contributed by atoms with Crippen LogP contribution in [0.25, 0.3) is 0 Å². The van der Waals surface area contributed by atoms with Crippen LogP contribution < -0.4 is 5.32 Å². The summed E-state index contributed by atoms with van der Waals surface area (Å²) in [6.07, 6.45) is 4.24. The standard InChI is InChI=1S/C16H22N4O3S/c1-5-6-7-8-11-19-20-16(24-11)18-14(21)13-9(2)12(10(3)17-13)15(22)23-4/h17H,5-8H2,1-4H3,(H,18,20,21). The van der Waals surface area contributed by atoms with Crippen LogP contribution >= 0.6 is 11.3 Å². The first kappa shape index (κ1) is 18.1. The number of ether oxygens (including phenoxy) is 1. The highest BCUT2D eigenvalue weighted by Gasteiger charge is 2.23. The van der Waals surface area contributed by atoms with Gasteiger partial charge in [0.05, 0.1) is 12.7 Å². The van der Waals surface area contributed by atoms with Gasteiger partial charge in [0.15, 0.2) is 0 Å². The Hall–Kier alpha value is -2.22. The number of rotatable bonds is 7. The molecule has 2 N–H and O–H groups in total. The van der Waals surface area contributed by atoms with Crippen LogP contribution in [0.3, 0.4) is 0 Å². The minimum absolute atomic E-state index is 0.329. The quantitative estimate of drug-likeness (QED) is 0.590. The zero-order chi connectivity index (χ0) is 17.7. The SMILES string of the molecule is CCCCCc1nnc(NC(=O)c2[nH]c(C)c(C(=O)OC)c2C)s1. The fraction of sp³-hybridized carbons (Fsp3) is 0.500. The maximum atomic E-state index is 12.4. The summed E-state index contributed by atoms with van der Waals surface area (Å²) in [6, 6.07) is 0. The zero-order valence-corrected chi connectivity index (χ0v) is 15.2. The van der Waals surface area contributed by atoms with Crippen LogP contribution in [0.2, 0.25) is 0 Å². The summed E-state index contributed by atoms with van der Waals surface area (Å²) in [5, 5.41) is 12.2. The molecule has 0 aromatic carbocycles. The molecule has 2 aromatic rings. The van der Waals surface area contributed by atoms with Gasteiger partial charge < -0.3 is 9.72 Å². The van der Waals surface area contributed by atoms with E-state index in [1.807, 2.05) is 0 Å². The topological polar surface area (TPSA) is 97.0 Å². The van der Waals surface area contributed by atoms with Gasteiger partial charge in [-0.1, -0.05) is 31.1 Å². The maximum Gasteiger partial charge on any atom is 0.339 e. The van der Waals surface area contributed by atoms with Crippen LogP contribution in [-0.2, 0) is 11.2 Å². The molecule has 2 aromatic heterocycles. The number of aromatic amines is 1. The number of carbonyl (C=O) groups excluding carboxylic acids is 2. The van der Waals surface area contributed by atoms with Crippen LogP contribution in [0.15, 0.2) is 0 Å². The van der Waals surface area contributed by atoms with E-state index in [2.05, 4.69) is 27.4 Å². The molecule has 1 amide bonds. The molecule has 7 nitrogen and oxygen atoms in total. The molecular weight excluding hydrogens is 328 g/mol. The number of aryl methyl sites for hydroxylation is 2. The van der Waals surface area contributed by atoms with Crippen molar-refractivity contribution in [1.82, 2.24) is 15.2 Å². The van der Waals surface area contributed by atoms with Gasteiger partial charge in [-0.05, 0) is 25.8 Å². The Kier molecular flexibility index (Phi) is 6.08. The number of aromatic nitrogens is 3. The number of nitrogens with zero attached hydrogens (tertiary/aromatic N) is 2. The predicted octanol–water partition coefficient (Wildman–Crippen LogP) is 3.25. The third-order valence-corrected chi connectivity index (χ3v) is 4.63. The normalized spacial score (nSPS) is 10.7. The first-order chi connectivity index (χ1) is 11.5. The molecule has 0 unspecified atom stereocenters. The van der Waals surface area contributed by atoms with Gasteiger partial charge >= 0.3 is 5.97 Å². The lowest BCUT2D eigenvalue weighted by molar-refractivity contribution is 0.0599. The highest BCUT2D eigenvalue weighted by Crippen LogP contribution is 2.22. The third kappa shape index (κ3) is 4.00. The molecule has 0 saturated carbocycles. The predicted molar refractivity (Wildman–Crippen MR) is 92.7 cm³/mol. The molecule has 0 saturated heterocycles. The number of carbonyl (C=O) groups is 2. The average molecular weight is 350 g/mol. The van der Waals surface area contributed by atoms with E-state index in [1.165, 1.54) is 18.4 Å². The Morgan fingerprint density at radius 1 is 1.25 bits per heavy atom. The van der Waals surface area contributed by atoms with Crippen molar-refractivity contribution in [1.29, 1.82) is 0 Å². The Labute approximate surface area is 144 Å². The molecule has 0 fully saturated rings. The number of anilines is 1. The van der Waals surface area contributed by atoms with Gasteiger partial charge in [-0.15, -0.1) is 10.2 Å². The van der Waals surface area contributed by atoms with E-state index in [4.69, 9.17) is 4.74 Å². The second kappa shape index (κ2) is 8.05. The van der Waals surface area contributed by atoms with Crippen molar-refractivity contribution >= 4 is 28.3 Å². The molecule has 130 valence electrons. The molecule has 0 aliphatic heterocycles. The van der Waals surface area contributed by atoms with E-state index in [1.54, 1.807) is 13.8 Å². The summed E-state index contributed by atoms with van der Waals surface area (Å²) in [7, 11) is 1.31. The average Bonchev–Trinajstić information content (AvgIpc) is 3.11. The number of amides is 1. The van der Waals surface area contributed by atoms with Crippen LogP contribution in [0, 0.1) is 13.8 Å². The van der Waals surface area contributed by atoms with E-state index < -0.39 is 5.97 Å². The molecule has 0 radical (unpaired) electrons. The fourth-order valence-corrected chi connectivity index (χ4v) is 3.25. The minimum Gasteiger partial charge on any atom is -0.465 e. The molecule has 0 aliphatic rings. The first-order valence-corrected chi connectivity index (χ1v) is 8.70. The third-order valence-electron chi connectivity index (χ3n) is 3.74. The van der Waals surface area contributed by atoms with Gasteiger partial charge in [0, 0.05) is 12.1 Å². The molecular formula is C16H22N4O3S. The van der Waals surface area contributed by atoms with E-state index >= 15 is 0 Å².